The Morgan fingerprint density at radius 2 is 2.03 bits per heavy atom. The molecule has 0 saturated carbocycles. The van der Waals surface area contributed by atoms with Gasteiger partial charge in [-0.25, -0.2) is 17.8 Å². The van der Waals surface area contributed by atoms with Crippen LogP contribution in [0.25, 0.3) is 11.0 Å². The second kappa shape index (κ2) is 7.96. The highest BCUT2D eigenvalue weighted by Crippen LogP contribution is 2.23. The molecule has 0 bridgehead atoms. The lowest BCUT2D eigenvalue weighted by atomic mass is 10.0. The lowest BCUT2D eigenvalue weighted by Gasteiger charge is -2.36. The molecule has 1 atom stereocenters. The largest absolute Gasteiger partial charge is 0.356 e. The van der Waals surface area contributed by atoms with Crippen molar-refractivity contribution in [2.75, 3.05) is 18.0 Å². The van der Waals surface area contributed by atoms with Gasteiger partial charge in [-0.1, -0.05) is 17.3 Å². The van der Waals surface area contributed by atoms with Gasteiger partial charge in [0.15, 0.2) is 5.58 Å². The average Bonchev–Trinajstić information content (AvgIpc) is 3.11. The number of para-hydroxylation sites is 1. The number of rotatable bonds is 6. The first kappa shape index (κ1) is 19.6. The van der Waals surface area contributed by atoms with E-state index >= 15 is 0 Å². The molecule has 0 spiro atoms. The van der Waals surface area contributed by atoms with Crippen LogP contribution in [-0.2, 0) is 22.8 Å². The van der Waals surface area contributed by atoms with Crippen LogP contribution in [0.1, 0.15) is 25.0 Å². The third kappa shape index (κ3) is 4.33. The minimum Gasteiger partial charge on any atom is -0.356 e. The lowest BCUT2D eigenvalue weighted by molar-refractivity contribution is 0.443. The van der Waals surface area contributed by atoms with Crippen LogP contribution in [0.5, 0.6) is 0 Å². The van der Waals surface area contributed by atoms with Crippen molar-refractivity contribution < 1.29 is 12.9 Å². The standard InChI is InChI=1S/C19H23N5O4S/c1-23-19(25)10-9-18(21-23)24-11-5-4-6-14(24)12-20-29(26,27)13-16-15-7-2-3-8-17(15)28-22-16/h2-3,7-10,14,20H,4-6,11-13H2,1H3. The third-order valence-electron chi connectivity index (χ3n) is 5.19. The van der Waals surface area contributed by atoms with Crippen molar-refractivity contribution in [3.05, 3.63) is 52.4 Å². The van der Waals surface area contributed by atoms with Gasteiger partial charge in [-0.05, 0) is 37.5 Å². The van der Waals surface area contributed by atoms with Crippen molar-refractivity contribution in [2.24, 2.45) is 7.05 Å². The molecule has 29 heavy (non-hydrogen) atoms. The summed E-state index contributed by atoms with van der Waals surface area (Å²) < 4.78 is 34.5. The van der Waals surface area contributed by atoms with Gasteiger partial charge in [0.25, 0.3) is 5.56 Å². The molecule has 1 aliphatic rings. The Balaban J connectivity index is 1.47. The molecule has 0 aliphatic carbocycles. The maximum Gasteiger partial charge on any atom is 0.266 e. The van der Waals surface area contributed by atoms with Gasteiger partial charge in [-0.2, -0.15) is 5.10 Å². The number of aromatic nitrogens is 3. The molecule has 1 aromatic carbocycles. The Kier molecular flexibility index (Phi) is 5.37. The Hall–Kier alpha value is -2.72. The molecule has 1 saturated heterocycles. The minimum atomic E-state index is -3.59. The zero-order chi connectivity index (χ0) is 20.4. The number of hydrogen-bond donors (Lipinski definition) is 1. The van der Waals surface area contributed by atoms with Crippen molar-refractivity contribution in [2.45, 2.75) is 31.1 Å². The average molecular weight is 417 g/mol. The highest BCUT2D eigenvalue weighted by Gasteiger charge is 2.26. The van der Waals surface area contributed by atoms with Crippen LogP contribution in [0.3, 0.4) is 0 Å². The molecule has 0 radical (unpaired) electrons. The Labute approximate surface area is 168 Å². The molecule has 2 aromatic heterocycles. The van der Waals surface area contributed by atoms with E-state index in [0.29, 0.717) is 22.5 Å². The summed E-state index contributed by atoms with van der Waals surface area (Å²) in [7, 11) is -1.98. The quantitative estimate of drug-likeness (QED) is 0.645. The Bertz CT molecular complexity index is 1170. The predicted molar refractivity (Wildman–Crippen MR) is 109 cm³/mol. The number of sulfonamides is 1. The van der Waals surface area contributed by atoms with E-state index in [1.165, 1.54) is 10.7 Å². The molecule has 3 aromatic rings. The van der Waals surface area contributed by atoms with Gasteiger partial charge in [0.2, 0.25) is 10.0 Å². The molecule has 1 aliphatic heterocycles. The van der Waals surface area contributed by atoms with Gasteiger partial charge >= 0.3 is 0 Å². The highest BCUT2D eigenvalue weighted by molar-refractivity contribution is 7.88. The van der Waals surface area contributed by atoms with E-state index in [2.05, 4.69) is 19.9 Å². The fourth-order valence-corrected chi connectivity index (χ4v) is 4.77. The summed E-state index contributed by atoms with van der Waals surface area (Å²) in [4.78, 5) is 13.7. The molecular formula is C19H23N5O4S. The van der Waals surface area contributed by atoms with Gasteiger partial charge < -0.3 is 9.42 Å². The van der Waals surface area contributed by atoms with Gasteiger partial charge in [-0.15, -0.1) is 0 Å². The SMILES string of the molecule is Cn1nc(N2CCCCC2CNS(=O)(=O)Cc2noc3ccccc23)ccc1=O. The van der Waals surface area contributed by atoms with Gasteiger partial charge in [0, 0.05) is 37.6 Å². The van der Waals surface area contributed by atoms with Crippen molar-refractivity contribution in [3.8, 4) is 0 Å². The molecule has 154 valence electrons. The first-order valence-corrected chi connectivity index (χ1v) is 11.2. The van der Waals surface area contributed by atoms with Crippen LogP contribution in [0.4, 0.5) is 5.82 Å². The minimum absolute atomic E-state index is 0.0300. The summed E-state index contributed by atoms with van der Waals surface area (Å²) in [5.41, 5.74) is 0.785. The van der Waals surface area contributed by atoms with Crippen molar-refractivity contribution >= 4 is 26.8 Å². The number of nitrogens with one attached hydrogen (secondary N) is 1. The molecule has 1 unspecified atom stereocenters. The summed E-state index contributed by atoms with van der Waals surface area (Å²) in [5, 5.41) is 8.93. The predicted octanol–water partition coefficient (Wildman–Crippen LogP) is 1.40. The first-order chi connectivity index (χ1) is 13.9. The van der Waals surface area contributed by atoms with Crippen molar-refractivity contribution in [1.29, 1.82) is 0 Å². The lowest BCUT2D eigenvalue weighted by Crippen LogP contribution is -2.47. The number of fused-ring (bicyclic) bond motifs is 1. The van der Waals surface area contributed by atoms with Crippen molar-refractivity contribution in [1.82, 2.24) is 19.7 Å². The first-order valence-electron chi connectivity index (χ1n) is 9.54. The van der Waals surface area contributed by atoms with Gasteiger partial charge in [-0.3, -0.25) is 4.79 Å². The fourth-order valence-electron chi connectivity index (χ4n) is 3.65. The smallest absolute Gasteiger partial charge is 0.266 e. The zero-order valence-corrected chi connectivity index (χ0v) is 16.9. The van der Waals surface area contributed by atoms with E-state index in [4.69, 9.17) is 4.52 Å². The van der Waals surface area contributed by atoms with Crippen molar-refractivity contribution in [3.63, 3.8) is 0 Å². The number of benzene rings is 1. The van der Waals surface area contributed by atoms with Gasteiger partial charge in [0.05, 0.1) is 0 Å². The monoisotopic (exact) mass is 417 g/mol. The number of hydrogen-bond acceptors (Lipinski definition) is 7. The van der Waals surface area contributed by atoms with E-state index in [1.807, 2.05) is 12.1 Å². The molecule has 1 N–H and O–H groups in total. The third-order valence-corrected chi connectivity index (χ3v) is 6.45. The molecule has 4 rings (SSSR count). The second-order valence-corrected chi connectivity index (χ2v) is 9.04. The number of piperidine rings is 1. The summed E-state index contributed by atoms with van der Waals surface area (Å²) in [6.45, 7) is 1.04. The maximum absolute atomic E-state index is 12.7. The van der Waals surface area contributed by atoms with Crippen LogP contribution in [0.2, 0.25) is 0 Å². The Morgan fingerprint density at radius 1 is 1.21 bits per heavy atom. The zero-order valence-electron chi connectivity index (χ0n) is 16.1. The van der Waals surface area contributed by atoms with Crippen LogP contribution in [0.15, 0.2) is 45.7 Å². The van der Waals surface area contributed by atoms with E-state index in [1.54, 1.807) is 25.2 Å². The van der Waals surface area contributed by atoms with Gasteiger partial charge in [0.1, 0.15) is 17.3 Å². The highest BCUT2D eigenvalue weighted by atomic mass is 32.2. The summed E-state index contributed by atoms with van der Waals surface area (Å²) >= 11 is 0. The molecule has 3 heterocycles. The van der Waals surface area contributed by atoms with Crippen LogP contribution >= 0.6 is 0 Å². The van der Waals surface area contributed by atoms with E-state index in [9.17, 15) is 13.2 Å². The molecule has 1 fully saturated rings. The summed E-state index contributed by atoms with van der Waals surface area (Å²) in [5.74, 6) is 0.438. The maximum atomic E-state index is 12.7. The molecule has 0 amide bonds. The Morgan fingerprint density at radius 3 is 2.86 bits per heavy atom. The van der Waals surface area contributed by atoms with Crippen LogP contribution in [0, 0.1) is 0 Å². The number of nitrogens with zero attached hydrogens (tertiary/aromatic N) is 4. The van der Waals surface area contributed by atoms with E-state index < -0.39 is 10.0 Å². The van der Waals surface area contributed by atoms with Crippen LogP contribution in [-0.4, -0.2) is 42.5 Å². The molecule has 9 nitrogen and oxygen atoms in total. The second-order valence-electron chi connectivity index (χ2n) is 7.23. The summed E-state index contributed by atoms with van der Waals surface area (Å²) in [6.07, 6.45) is 2.86. The van der Waals surface area contributed by atoms with E-state index in [0.717, 1.165) is 25.8 Å². The van der Waals surface area contributed by atoms with E-state index in [-0.39, 0.29) is 23.9 Å². The summed E-state index contributed by atoms with van der Waals surface area (Å²) in [6, 6.07) is 10.3. The normalized spacial score (nSPS) is 17.7. The van der Waals surface area contributed by atoms with Crippen LogP contribution < -0.4 is 15.2 Å². The molecule has 10 heteroatoms. The molecular weight excluding hydrogens is 394 g/mol. The number of aryl methyl sites for hydroxylation is 1. The topological polar surface area (TPSA) is 110 Å². The fraction of sp³-hybridized carbons (Fsp3) is 0.421. The number of anilines is 1.